The van der Waals surface area contributed by atoms with Crippen molar-refractivity contribution in [2.45, 2.75) is 33.1 Å². The maximum atomic E-state index is 10.0. The molecule has 0 saturated carbocycles. The number of hydrogen-bond donors (Lipinski definition) is 1. The second-order valence-electron chi connectivity index (χ2n) is 8.57. The molecule has 4 nitrogen and oxygen atoms in total. The van der Waals surface area contributed by atoms with E-state index in [0.717, 1.165) is 22.3 Å². The minimum Gasteiger partial charge on any atom is -0.512 e. The molecule has 33 heavy (non-hydrogen) atoms. The van der Waals surface area contributed by atoms with Crippen molar-refractivity contribution >= 4 is 16.7 Å². The Kier molecular flexibility index (Phi) is 7.26. The number of rotatable bonds is 2. The predicted octanol–water partition coefficient (Wildman–Crippen LogP) is 6.64. The van der Waals surface area contributed by atoms with E-state index < -0.39 is 0 Å². The zero-order valence-electron chi connectivity index (χ0n) is 19.1. The van der Waals surface area contributed by atoms with Gasteiger partial charge in [0, 0.05) is 48.7 Å². The van der Waals surface area contributed by atoms with Gasteiger partial charge in [0.25, 0.3) is 0 Å². The molecule has 0 amide bonds. The molecule has 1 aliphatic carbocycles. The number of nitrogens with zero attached hydrogens (tertiary/aromatic N) is 2. The zero-order chi connectivity index (χ0) is 22.9. The number of carbonyl (C=O) groups excluding carboxylic acids is 1. The normalized spacial score (nSPS) is 13.3. The van der Waals surface area contributed by atoms with Crippen LogP contribution in [0, 0.1) is 0 Å². The van der Waals surface area contributed by atoms with Crippen molar-refractivity contribution in [1.29, 1.82) is 0 Å². The SMILES string of the molecule is CC(=O)/C=C(/C)O.CC1(C)c2ccccc2-c2cnc(-c3ccc4ccccc4n3)cc21.[Ir]. The molecule has 2 aromatic heterocycles. The molecule has 2 aromatic carbocycles. The first-order valence-corrected chi connectivity index (χ1v) is 10.6. The quantitative estimate of drug-likeness (QED) is 0.203. The minimum absolute atomic E-state index is 0. The molecule has 5 rings (SSSR count). The molecule has 4 aromatic rings. The second kappa shape index (κ2) is 9.78. The van der Waals surface area contributed by atoms with Crippen LogP contribution in [0.5, 0.6) is 0 Å². The maximum Gasteiger partial charge on any atom is 0.155 e. The molecule has 169 valence electrons. The summed E-state index contributed by atoms with van der Waals surface area (Å²) in [6.07, 6.45) is 3.18. The average molecular weight is 615 g/mol. The monoisotopic (exact) mass is 615 g/mol. The largest absolute Gasteiger partial charge is 0.512 e. The van der Waals surface area contributed by atoms with Gasteiger partial charge < -0.3 is 5.11 Å². The number of aliphatic hydroxyl groups excluding tert-OH is 1. The van der Waals surface area contributed by atoms with Crippen LogP contribution in [0.1, 0.15) is 38.8 Å². The van der Waals surface area contributed by atoms with Gasteiger partial charge in [-0.15, -0.1) is 0 Å². The van der Waals surface area contributed by atoms with Gasteiger partial charge in [0.2, 0.25) is 0 Å². The summed E-state index contributed by atoms with van der Waals surface area (Å²) < 4.78 is 0. The Morgan fingerprint density at radius 1 is 0.879 bits per heavy atom. The van der Waals surface area contributed by atoms with Gasteiger partial charge in [0.15, 0.2) is 5.78 Å². The molecular weight excluding hydrogens is 589 g/mol. The summed E-state index contributed by atoms with van der Waals surface area (Å²) in [5, 5.41) is 9.52. The Balaban J connectivity index is 0.000000337. The number of aromatic nitrogens is 2. The Morgan fingerprint density at radius 3 is 2.27 bits per heavy atom. The number of benzene rings is 2. The molecule has 1 aliphatic rings. The topological polar surface area (TPSA) is 63.1 Å². The van der Waals surface area contributed by atoms with Crippen molar-refractivity contribution in [3.05, 3.63) is 95.9 Å². The van der Waals surface area contributed by atoms with Crippen molar-refractivity contribution in [1.82, 2.24) is 9.97 Å². The van der Waals surface area contributed by atoms with Crippen molar-refractivity contribution in [2.24, 2.45) is 0 Å². The number of allylic oxidation sites excluding steroid dienone is 2. The zero-order valence-corrected chi connectivity index (χ0v) is 21.5. The van der Waals surface area contributed by atoms with E-state index in [2.05, 4.69) is 62.4 Å². The minimum atomic E-state index is -0.125. The maximum absolute atomic E-state index is 10.0. The Labute approximate surface area is 207 Å². The van der Waals surface area contributed by atoms with E-state index in [1.807, 2.05) is 24.4 Å². The summed E-state index contributed by atoms with van der Waals surface area (Å²) in [6.45, 7) is 7.42. The number of ketones is 1. The third-order valence-electron chi connectivity index (χ3n) is 5.74. The fourth-order valence-electron chi connectivity index (χ4n) is 4.24. The van der Waals surface area contributed by atoms with Crippen molar-refractivity contribution in [3.8, 4) is 22.5 Å². The predicted molar refractivity (Wildman–Crippen MR) is 130 cm³/mol. The van der Waals surface area contributed by atoms with Crippen LogP contribution in [0.3, 0.4) is 0 Å². The molecule has 0 unspecified atom stereocenters. The number of carbonyl (C=O) groups is 1. The third-order valence-corrected chi connectivity index (χ3v) is 5.74. The first kappa shape index (κ1) is 24.5. The van der Waals surface area contributed by atoms with Crippen LogP contribution >= 0.6 is 0 Å². The van der Waals surface area contributed by atoms with E-state index in [9.17, 15) is 4.79 Å². The van der Waals surface area contributed by atoms with Crippen LogP contribution in [0.2, 0.25) is 0 Å². The van der Waals surface area contributed by atoms with Crippen molar-refractivity contribution in [3.63, 3.8) is 0 Å². The van der Waals surface area contributed by atoms with E-state index in [1.54, 1.807) is 0 Å². The second-order valence-corrected chi connectivity index (χ2v) is 8.57. The van der Waals surface area contributed by atoms with E-state index in [1.165, 1.54) is 42.2 Å². The number of aliphatic hydroxyl groups is 1. The van der Waals surface area contributed by atoms with Gasteiger partial charge in [-0.1, -0.05) is 62.4 Å². The summed E-state index contributed by atoms with van der Waals surface area (Å²) in [5.41, 5.74) is 8.09. The number of fused-ring (bicyclic) bond motifs is 4. The summed E-state index contributed by atoms with van der Waals surface area (Å²) in [5.74, 6) is -0.0625. The number of pyridine rings is 2. The van der Waals surface area contributed by atoms with Crippen LogP contribution < -0.4 is 0 Å². The summed E-state index contributed by atoms with van der Waals surface area (Å²) in [6, 6.07) is 23.2. The molecule has 1 radical (unpaired) electrons. The smallest absolute Gasteiger partial charge is 0.155 e. The standard InChI is InChI=1S/C23H18N2.C5H8O2.Ir/c1-23(2)18-9-5-4-8-16(18)17-14-24-22(13-19(17)23)21-12-11-15-7-3-6-10-20(15)25-21;1-4(6)3-5(2)7;/h3-14H,1-2H3;3,6H,1-2H3;/b;4-3-;. The van der Waals surface area contributed by atoms with Crippen LogP contribution in [0.25, 0.3) is 33.4 Å². The molecule has 5 heteroatoms. The summed E-state index contributed by atoms with van der Waals surface area (Å²) in [4.78, 5) is 19.6. The van der Waals surface area contributed by atoms with Gasteiger partial charge in [-0.3, -0.25) is 9.78 Å². The molecule has 1 N–H and O–H groups in total. The molecule has 0 saturated heterocycles. The van der Waals surface area contributed by atoms with Gasteiger partial charge in [-0.2, -0.15) is 0 Å². The first-order valence-electron chi connectivity index (χ1n) is 10.6. The van der Waals surface area contributed by atoms with E-state index in [4.69, 9.17) is 15.1 Å². The summed E-state index contributed by atoms with van der Waals surface area (Å²) >= 11 is 0. The van der Waals surface area contributed by atoms with Crippen LogP contribution in [0.4, 0.5) is 0 Å². The molecule has 0 atom stereocenters. The van der Waals surface area contributed by atoms with Gasteiger partial charge in [0.1, 0.15) is 0 Å². The third kappa shape index (κ3) is 4.95. The van der Waals surface area contributed by atoms with E-state index in [-0.39, 0.29) is 37.1 Å². The van der Waals surface area contributed by atoms with Crippen LogP contribution in [-0.2, 0) is 30.3 Å². The van der Waals surface area contributed by atoms with Gasteiger partial charge >= 0.3 is 0 Å². The molecule has 0 aliphatic heterocycles. The molecule has 0 fully saturated rings. The van der Waals surface area contributed by atoms with Gasteiger partial charge in [-0.25, -0.2) is 4.98 Å². The van der Waals surface area contributed by atoms with Gasteiger partial charge in [0.05, 0.1) is 22.7 Å². The molecular formula is C28H26IrN2O2. The van der Waals surface area contributed by atoms with E-state index in [0.29, 0.717) is 0 Å². The average Bonchev–Trinajstić information content (AvgIpc) is 3.00. The van der Waals surface area contributed by atoms with Gasteiger partial charge in [-0.05, 0) is 48.7 Å². The fraction of sp³-hybridized carbons (Fsp3) is 0.179. The fourth-order valence-corrected chi connectivity index (χ4v) is 4.24. The van der Waals surface area contributed by atoms with Crippen molar-refractivity contribution in [2.75, 3.05) is 0 Å². The Bertz CT molecular complexity index is 1360. The Morgan fingerprint density at radius 2 is 1.58 bits per heavy atom. The first-order chi connectivity index (χ1) is 15.3. The number of para-hydroxylation sites is 1. The van der Waals surface area contributed by atoms with Crippen LogP contribution in [0.15, 0.2) is 84.8 Å². The van der Waals surface area contributed by atoms with E-state index >= 15 is 0 Å². The molecule has 2 heterocycles. The molecule has 0 bridgehead atoms. The van der Waals surface area contributed by atoms with Crippen LogP contribution in [-0.4, -0.2) is 20.9 Å². The number of hydrogen-bond acceptors (Lipinski definition) is 4. The molecule has 0 spiro atoms. The van der Waals surface area contributed by atoms with Crippen molar-refractivity contribution < 1.29 is 30.0 Å². The summed E-state index contributed by atoms with van der Waals surface area (Å²) in [7, 11) is 0. The Hall–Kier alpha value is -3.14.